The molecule has 0 fully saturated rings. The Morgan fingerprint density at radius 2 is 1.94 bits per heavy atom. The maximum atomic E-state index is 5.80. The first-order valence-corrected chi connectivity index (χ1v) is 6.62. The second-order valence-corrected chi connectivity index (χ2v) is 4.74. The van der Waals surface area contributed by atoms with Crippen LogP contribution in [0, 0.1) is 0 Å². The molecule has 1 N–H and O–H groups in total. The van der Waals surface area contributed by atoms with Gasteiger partial charge < -0.3 is 14.8 Å². The summed E-state index contributed by atoms with van der Waals surface area (Å²) in [6.45, 7) is 8.36. The molecule has 1 aromatic carbocycles. The first kappa shape index (κ1) is 14.8. The van der Waals surface area contributed by atoms with Gasteiger partial charge in [-0.2, -0.15) is 0 Å². The Morgan fingerprint density at radius 1 is 1.22 bits per heavy atom. The van der Waals surface area contributed by atoms with Gasteiger partial charge in [0.1, 0.15) is 5.75 Å². The molecule has 0 saturated heterocycles. The highest BCUT2D eigenvalue weighted by Gasteiger charge is 2.11. The van der Waals surface area contributed by atoms with Gasteiger partial charge in [0.05, 0.1) is 12.2 Å². The number of methoxy groups -OCH3 is 1. The van der Waals surface area contributed by atoms with Gasteiger partial charge in [-0.3, -0.25) is 0 Å². The van der Waals surface area contributed by atoms with Gasteiger partial charge in [-0.1, -0.05) is 13.0 Å². The largest absolute Gasteiger partial charge is 0.491 e. The van der Waals surface area contributed by atoms with Crippen LogP contribution < -0.4 is 10.1 Å². The normalized spacial score (nSPS) is 15.8. The third-order valence-electron chi connectivity index (χ3n) is 3.22. The van der Waals surface area contributed by atoms with E-state index < -0.39 is 0 Å². The zero-order valence-corrected chi connectivity index (χ0v) is 12.1. The first-order valence-electron chi connectivity index (χ1n) is 6.62. The summed E-state index contributed by atoms with van der Waals surface area (Å²) in [5.41, 5.74) is 1.06. The molecule has 0 bridgehead atoms. The Hall–Kier alpha value is -1.22. The van der Waals surface area contributed by atoms with E-state index in [0.717, 1.165) is 17.9 Å². The highest BCUT2D eigenvalue weighted by Crippen LogP contribution is 2.20. The van der Waals surface area contributed by atoms with E-state index in [2.05, 4.69) is 33.0 Å². The molecule has 0 aliphatic carbocycles. The Labute approximate surface area is 110 Å². The molecule has 3 unspecified atom stereocenters. The molecule has 0 amide bonds. The van der Waals surface area contributed by atoms with E-state index in [-0.39, 0.29) is 18.2 Å². The summed E-state index contributed by atoms with van der Waals surface area (Å²) >= 11 is 0. The predicted octanol–water partition coefficient (Wildman–Crippen LogP) is 3.70. The van der Waals surface area contributed by atoms with Crippen LogP contribution in [0.1, 0.15) is 34.1 Å². The van der Waals surface area contributed by atoms with Gasteiger partial charge in [-0.25, -0.2) is 0 Å². The minimum Gasteiger partial charge on any atom is -0.491 e. The molecular weight excluding hydrogens is 226 g/mol. The third kappa shape index (κ3) is 4.57. The summed E-state index contributed by atoms with van der Waals surface area (Å²) in [6.07, 6.45) is 1.43. The molecule has 0 saturated carbocycles. The van der Waals surface area contributed by atoms with Crippen molar-refractivity contribution in [2.75, 3.05) is 12.4 Å². The van der Waals surface area contributed by atoms with E-state index in [0.29, 0.717) is 0 Å². The van der Waals surface area contributed by atoms with E-state index in [9.17, 15) is 0 Å². The Bertz CT molecular complexity index is 354. The molecule has 3 nitrogen and oxygen atoms in total. The SMILES string of the molecule is CCC(C)Oc1cccc(NC(C)C(C)OC)c1. The van der Waals surface area contributed by atoms with E-state index in [1.54, 1.807) is 7.11 Å². The fraction of sp³-hybridized carbons (Fsp3) is 0.600. The predicted molar refractivity (Wildman–Crippen MR) is 76.4 cm³/mol. The summed E-state index contributed by atoms with van der Waals surface area (Å²) in [5, 5.41) is 3.42. The average Bonchev–Trinajstić information content (AvgIpc) is 2.37. The molecule has 0 aliphatic rings. The van der Waals surface area contributed by atoms with Crippen LogP contribution in [-0.4, -0.2) is 25.4 Å². The summed E-state index contributed by atoms with van der Waals surface area (Å²) in [6, 6.07) is 8.33. The van der Waals surface area contributed by atoms with Crippen molar-refractivity contribution in [1.82, 2.24) is 0 Å². The van der Waals surface area contributed by atoms with Crippen LogP contribution in [0.3, 0.4) is 0 Å². The number of ether oxygens (including phenoxy) is 2. The van der Waals surface area contributed by atoms with Crippen LogP contribution in [0.4, 0.5) is 5.69 Å². The van der Waals surface area contributed by atoms with Gasteiger partial charge in [-0.05, 0) is 39.3 Å². The zero-order chi connectivity index (χ0) is 13.5. The van der Waals surface area contributed by atoms with E-state index in [1.807, 2.05) is 24.3 Å². The van der Waals surface area contributed by atoms with Crippen molar-refractivity contribution in [3.05, 3.63) is 24.3 Å². The number of rotatable bonds is 7. The van der Waals surface area contributed by atoms with Crippen molar-refractivity contribution in [1.29, 1.82) is 0 Å². The summed E-state index contributed by atoms with van der Waals surface area (Å²) in [4.78, 5) is 0. The van der Waals surface area contributed by atoms with E-state index in [1.165, 1.54) is 0 Å². The lowest BCUT2D eigenvalue weighted by atomic mass is 10.2. The fourth-order valence-corrected chi connectivity index (χ4v) is 1.56. The summed E-state index contributed by atoms with van der Waals surface area (Å²) < 4.78 is 11.1. The average molecular weight is 251 g/mol. The first-order chi connectivity index (χ1) is 8.56. The van der Waals surface area contributed by atoms with Gasteiger partial charge in [0.15, 0.2) is 0 Å². The maximum Gasteiger partial charge on any atom is 0.121 e. The smallest absolute Gasteiger partial charge is 0.121 e. The summed E-state index contributed by atoms with van der Waals surface area (Å²) in [5.74, 6) is 0.909. The van der Waals surface area contributed by atoms with Gasteiger partial charge in [-0.15, -0.1) is 0 Å². The minimum atomic E-state index is 0.170. The van der Waals surface area contributed by atoms with Gasteiger partial charge in [0.2, 0.25) is 0 Å². The van der Waals surface area contributed by atoms with Crippen molar-refractivity contribution in [2.24, 2.45) is 0 Å². The topological polar surface area (TPSA) is 30.5 Å². The fourth-order valence-electron chi connectivity index (χ4n) is 1.56. The highest BCUT2D eigenvalue weighted by molar-refractivity contribution is 5.49. The Balaban J connectivity index is 2.64. The van der Waals surface area contributed by atoms with Gasteiger partial charge >= 0.3 is 0 Å². The lowest BCUT2D eigenvalue weighted by molar-refractivity contribution is 0.106. The van der Waals surface area contributed by atoms with Crippen molar-refractivity contribution >= 4 is 5.69 Å². The lowest BCUT2D eigenvalue weighted by Crippen LogP contribution is -2.29. The second kappa shape index (κ2) is 7.27. The molecule has 0 aromatic heterocycles. The zero-order valence-electron chi connectivity index (χ0n) is 12.1. The molecule has 0 aliphatic heterocycles. The van der Waals surface area contributed by atoms with Crippen molar-refractivity contribution in [2.45, 2.75) is 52.4 Å². The molecule has 0 radical (unpaired) electrons. The van der Waals surface area contributed by atoms with Crippen LogP contribution >= 0.6 is 0 Å². The van der Waals surface area contributed by atoms with Crippen LogP contribution in [0.5, 0.6) is 5.75 Å². The minimum absolute atomic E-state index is 0.170. The van der Waals surface area contributed by atoms with Gasteiger partial charge in [0, 0.05) is 24.9 Å². The maximum absolute atomic E-state index is 5.80. The molecule has 1 aromatic rings. The quantitative estimate of drug-likeness (QED) is 0.801. The van der Waals surface area contributed by atoms with Crippen LogP contribution in [0.25, 0.3) is 0 Å². The molecule has 3 atom stereocenters. The van der Waals surface area contributed by atoms with Crippen LogP contribution in [0.15, 0.2) is 24.3 Å². The number of nitrogens with one attached hydrogen (secondary N) is 1. The molecule has 0 spiro atoms. The monoisotopic (exact) mass is 251 g/mol. The van der Waals surface area contributed by atoms with Crippen molar-refractivity contribution in [3.63, 3.8) is 0 Å². The van der Waals surface area contributed by atoms with Gasteiger partial charge in [0.25, 0.3) is 0 Å². The number of hydrogen-bond acceptors (Lipinski definition) is 3. The Kier molecular flexibility index (Phi) is 5.99. The Morgan fingerprint density at radius 3 is 2.56 bits per heavy atom. The van der Waals surface area contributed by atoms with E-state index >= 15 is 0 Å². The lowest BCUT2D eigenvalue weighted by Gasteiger charge is -2.21. The third-order valence-corrected chi connectivity index (χ3v) is 3.22. The van der Waals surface area contributed by atoms with E-state index in [4.69, 9.17) is 9.47 Å². The molecule has 102 valence electrons. The standard InChI is InChI=1S/C15H25NO2/c1-6-11(2)18-15-9-7-8-14(10-15)16-12(3)13(4)17-5/h7-13,16H,6H2,1-5H3. The molecule has 3 heteroatoms. The molecule has 1 rings (SSSR count). The number of hydrogen-bond donors (Lipinski definition) is 1. The molecular formula is C15H25NO2. The van der Waals surface area contributed by atoms with Crippen molar-refractivity contribution < 1.29 is 9.47 Å². The summed E-state index contributed by atoms with van der Waals surface area (Å²) in [7, 11) is 1.73. The highest BCUT2D eigenvalue weighted by atomic mass is 16.5. The molecule has 18 heavy (non-hydrogen) atoms. The van der Waals surface area contributed by atoms with Crippen LogP contribution in [-0.2, 0) is 4.74 Å². The number of benzene rings is 1. The molecule has 0 heterocycles. The van der Waals surface area contributed by atoms with Crippen molar-refractivity contribution in [3.8, 4) is 5.75 Å². The van der Waals surface area contributed by atoms with Crippen LogP contribution in [0.2, 0.25) is 0 Å². The second-order valence-electron chi connectivity index (χ2n) is 4.74. The number of anilines is 1.